The highest BCUT2D eigenvalue weighted by Gasteiger charge is 2.14. The van der Waals surface area contributed by atoms with Crippen molar-refractivity contribution in [1.29, 1.82) is 0 Å². The molecule has 1 fully saturated rings. The monoisotopic (exact) mass is 259 g/mol. The highest BCUT2D eigenvalue weighted by Crippen LogP contribution is 2.15. The molecule has 0 saturated carbocycles. The number of para-hydroxylation sites is 2. The lowest BCUT2D eigenvalue weighted by molar-refractivity contribution is 0.0547. The van der Waals surface area contributed by atoms with E-state index in [4.69, 9.17) is 4.74 Å². The van der Waals surface area contributed by atoms with Gasteiger partial charge in [-0.05, 0) is 30.9 Å². The smallest absolute Gasteiger partial charge is 0.123 e. The van der Waals surface area contributed by atoms with E-state index in [1.165, 1.54) is 18.4 Å². The molecule has 19 heavy (non-hydrogen) atoms. The summed E-state index contributed by atoms with van der Waals surface area (Å²) in [6.07, 6.45) is 2.47. The zero-order chi connectivity index (χ0) is 13.1. The van der Waals surface area contributed by atoms with Crippen LogP contribution >= 0.6 is 0 Å². The summed E-state index contributed by atoms with van der Waals surface area (Å²) in [5, 5.41) is 3.51. The Morgan fingerprint density at radius 2 is 2.32 bits per heavy atom. The summed E-state index contributed by atoms with van der Waals surface area (Å²) in [7, 11) is 2.08. The minimum Gasteiger partial charge on any atom is -0.381 e. The first-order valence-corrected chi connectivity index (χ1v) is 7.03. The van der Waals surface area contributed by atoms with E-state index in [0.717, 1.165) is 37.6 Å². The molecule has 0 aliphatic carbocycles. The Bertz CT molecular complexity index is 543. The van der Waals surface area contributed by atoms with Gasteiger partial charge in [-0.15, -0.1) is 0 Å². The first-order valence-electron chi connectivity index (χ1n) is 7.03. The number of benzene rings is 1. The molecule has 1 N–H and O–H groups in total. The molecular formula is C15H21N3O. The normalized spacial score (nSPS) is 19.9. The third-order valence-corrected chi connectivity index (χ3v) is 3.85. The van der Waals surface area contributed by atoms with Crippen molar-refractivity contribution in [2.24, 2.45) is 13.0 Å². The van der Waals surface area contributed by atoms with E-state index >= 15 is 0 Å². The fourth-order valence-electron chi connectivity index (χ4n) is 2.71. The Kier molecular flexibility index (Phi) is 3.80. The largest absolute Gasteiger partial charge is 0.381 e. The Hall–Kier alpha value is -1.39. The van der Waals surface area contributed by atoms with Crippen molar-refractivity contribution in [3.05, 3.63) is 30.1 Å². The van der Waals surface area contributed by atoms with Crippen LogP contribution in [0.4, 0.5) is 0 Å². The highest BCUT2D eigenvalue weighted by molar-refractivity contribution is 5.75. The molecule has 1 aromatic heterocycles. The molecule has 0 amide bonds. The van der Waals surface area contributed by atoms with Crippen molar-refractivity contribution >= 4 is 11.0 Å². The van der Waals surface area contributed by atoms with E-state index in [1.54, 1.807) is 0 Å². The fourth-order valence-corrected chi connectivity index (χ4v) is 2.71. The summed E-state index contributed by atoms with van der Waals surface area (Å²) in [5.41, 5.74) is 2.27. The number of hydrogen-bond donors (Lipinski definition) is 1. The van der Waals surface area contributed by atoms with Gasteiger partial charge >= 0.3 is 0 Å². The first kappa shape index (κ1) is 12.6. The van der Waals surface area contributed by atoms with Gasteiger partial charge in [0.25, 0.3) is 0 Å². The SMILES string of the molecule is Cn1c(CNC[C@H]2CCCOC2)nc2ccccc21. The number of aromatic nitrogens is 2. The first-order chi connectivity index (χ1) is 9.34. The third kappa shape index (κ3) is 2.80. The maximum Gasteiger partial charge on any atom is 0.123 e. The van der Waals surface area contributed by atoms with Crippen molar-refractivity contribution < 1.29 is 4.74 Å². The van der Waals surface area contributed by atoms with E-state index in [2.05, 4.69) is 40.1 Å². The molecular weight excluding hydrogens is 238 g/mol. The van der Waals surface area contributed by atoms with Gasteiger partial charge < -0.3 is 14.6 Å². The summed E-state index contributed by atoms with van der Waals surface area (Å²) in [6.45, 7) is 3.67. The zero-order valence-corrected chi connectivity index (χ0v) is 11.4. The molecule has 1 aliphatic rings. The van der Waals surface area contributed by atoms with Crippen LogP contribution < -0.4 is 5.32 Å². The van der Waals surface area contributed by atoms with E-state index in [1.807, 2.05) is 6.07 Å². The van der Waals surface area contributed by atoms with Crippen LogP contribution in [0.5, 0.6) is 0 Å². The van der Waals surface area contributed by atoms with Crippen LogP contribution in [0.2, 0.25) is 0 Å². The Morgan fingerprint density at radius 3 is 3.11 bits per heavy atom. The van der Waals surface area contributed by atoms with Crippen LogP contribution in [-0.4, -0.2) is 29.3 Å². The molecule has 0 bridgehead atoms. The minimum absolute atomic E-state index is 0.656. The quantitative estimate of drug-likeness (QED) is 0.914. The van der Waals surface area contributed by atoms with Gasteiger partial charge in [0, 0.05) is 20.2 Å². The number of nitrogens with one attached hydrogen (secondary N) is 1. The second-order valence-electron chi connectivity index (χ2n) is 5.29. The van der Waals surface area contributed by atoms with Gasteiger partial charge in [0.1, 0.15) is 5.82 Å². The molecule has 2 heterocycles. The highest BCUT2D eigenvalue weighted by atomic mass is 16.5. The van der Waals surface area contributed by atoms with E-state index in [0.29, 0.717) is 5.92 Å². The molecule has 1 aliphatic heterocycles. The number of ether oxygens (including phenoxy) is 1. The molecule has 1 atom stereocenters. The molecule has 0 spiro atoms. The molecule has 4 heteroatoms. The van der Waals surface area contributed by atoms with E-state index < -0.39 is 0 Å². The third-order valence-electron chi connectivity index (χ3n) is 3.85. The molecule has 0 unspecified atom stereocenters. The van der Waals surface area contributed by atoms with Crippen LogP contribution in [0.25, 0.3) is 11.0 Å². The van der Waals surface area contributed by atoms with Gasteiger partial charge in [-0.2, -0.15) is 0 Å². The Labute approximate surface area is 113 Å². The van der Waals surface area contributed by atoms with Crippen molar-refractivity contribution in [2.45, 2.75) is 19.4 Å². The van der Waals surface area contributed by atoms with Crippen LogP contribution in [0.15, 0.2) is 24.3 Å². The average molecular weight is 259 g/mol. The van der Waals surface area contributed by atoms with Gasteiger partial charge in [0.15, 0.2) is 0 Å². The van der Waals surface area contributed by atoms with Crippen LogP contribution in [0.3, 0.4) is 0 Å². The van der Waals surface area contributed by atoms with E-state index in [-0.39, 0.29) is 0 Å². The molecule has 3 rings (SSSR count). The lowest BCUT2D eigenvalue weighted by Gasteiger charge is -2.22. The molecule has 1 saturated heterocycles. The van der Waals surface area contributed by atoms with Gasteiger partial charge in [-0.1, -0.05) is 12.1 Å². The standard InChI is InChI=1S/C15H21N3O/c1-18-14-7-3-2-6-13(14)17-15(18)10-16-9-12-5-4-8-19-11-12/h2-3,6-7,12,16H,4-5,8-11H2,1H3/t12-/m1/s1. The van der Waals surface area contributed by atoms with Gasteiger partial charge in [-0.3, -0.25) is 0 Å². The van der Waals surface area contributed by atoms with Crippen LogP contribution in [0.1, 0.15) is 18.7 Å². The summed E-state index contributed by atoms with van der Waals surface area (Å²) in [4.78, 5) is 4.66. The van der Waals surface area contributed by atoms with Crippen molar-refractivity contribution in [3.8, 4) is 0 Å². The number of nitrogens with zero attached hydrogens (tertiary/aromatic N) is 2. The lowest BCUT2D eigenvalue weighted by atomic mass is 10.0. The summed E-state index contributed by atoms with van der Waals surface area (Å²) in [5.74, 6) is 1.75. The van der Waals surface area contributed by atoms with Crippen LogP contribution in [-0.2, 0) is 18.3 Å². The number of hydrogen-bond acceptors (Lipinski definition) is 3. The van der Waals surface area contributed by atoms with Crippen LogP contribution in [0, 0.1) is 5.92 Å². The van der Waals surface area contributed by atoms with E-state index in [9.17, 15) is 0 Å². The lowest BCUT2D eigenvalue weighted by Crippen LogP contribution is -2.29. The second kappa shape index (κ2) is 5.72. The molecule has 4 nitrogen and oxygen atoms in total. The summed E-state index contributed by atoms with van der Waals surface area (Å²) >= 11 is 0. The number of rotatable bonds is 4. The number of imidazole rings is 1. The average Bonchev–Trinajstić information content (AvgIpc) is 2.78. The molecule has 0 radical (unpaired) electrons. The van der Waals surface area contributed by atoms with Crippen molar-refractivity contribution in [2.75, 3.05) is 19.8 Å². The van der Waals surface area contributed by atoms with Crippen molar-refractivity contribution in [1.82, 2.24) is 14.9 Å². The van der Waals surface area contributed by atoms with Gasteiger partial charge in [0.2, 0.25) is 0 Å². The Balaban J connectivity index is 1.60. The predicted octanol–water partition coefficient (Wildman–Crippen LogP) is 2.09. The maximum atomic E-state index is 5.50. The topological polar surface area (TPSA) is 39.1 Å². The molecule has 1 aromatic carbocycles. The number of fused-ring (bicyclic) bond motifs is 1. The number of aryl methyl sites for hydroxylation is 1. The summed E-state index contributed by atoms with van der Waals surface area (Å²) < 4.78 is 7.66. The molecule has 102 valence electrons. The zero-order valence-electron chi connectivity index (χ0n) is 11.4. The maximum absolute atomic E-state index is 5.50. The van der Waals surface area contributed by atoms with Gasteiger partial charge in [-0.25, -0.2) is 4.98 Å². The minimum atomic E-state index is 0.656. The Morgan fingerprint density at radius 1 is 1.42 bits per heavy atom. The van der Waals surface area contributed by atoms with Crippen molar-refractivity contribution in [3.63, 3.8) is 0 Å². The summed E-state index contributed by atoms with van der Waals surface area (Å²) in [6, 6.07) is 8.26. The second-order valence-corrected chi connectivity index (χ2v) is 5.29. The fraction of sp³-hybridized carbons (Fsp3) is 0.533. The molecule has 2 aromatic rings. The van der Waals surface area contributed by atoms with Gasteiger partial charge in [0.05, 0.1) is 24.2 Å². The predicted molar refractivity (Wildman–Crippen MR) is 76.0 cm³/mol.